The number of imidazole rings is 1. The van der Waals surface area contributed by atoms with Crippen LogP contribution in [-0.4, -0.2) is 45.4 Å². The number of phosphoric ester groups is 1. The van der Waals surface area contributed by atoms with Crippen LogP contribution in [0, 0.1) is 5.92 Å². The maximum absolute atomic E-state index is 12.2. The Hall–Kier alpha value is -1.78. The topological polar surface area (TPSA) is 144 Å². The summed E-state index contributed by atoms with van der Waals surface area (Å²) in [6, 6.07) is 0. The van der Waals surface area contributed by atoms with E-state index in [2.05, 4.69) is 15.0 Å². The maximum Gasteiger partial charge on any atom is 0.474 e. The van der Waals surface area contributed by atoms with Gasteiger partial charge >= 0.3 is 7.82 Å². The first-order chi connectivity index (χ1) is 11.4. The zero-order valence-electron chi connectivity index (χ0n) is 12.9. The molecule has 2 aromatic rings. The fraction of sp³-hybridized carbons (Fsp3) is 0.583. The Morgan fingerprint density at radius 2 is 2.33 bits per heavy atom. The molecule has 0 saturated carbocycles. The average molecular weight is 357 g/mol. The predicted octanol–water partition coefficient (Wildman–Crippen LogP) is 0.405. The summed E-state index contributed by atoms with van der Waals surface area (Å²) in [5.41, 5.74) is 5.65. The third-order valence-corrected chi connectivity index (χ3v) is 5.66. The van der Waals surface area contributed by atoms with Gasteiger partial charge in [0.15, 0.2) is 11.2 Å². The first-order valence-corrected chi connectivity index (χ1v) is 8.74. The van der Waals surface area contributed by atoms with Crippen molar-refractivity contribution in [2.24, 2.45) is 5.92 Å². The molecule has 5 atom stereocenters. The summed E-state index contributed by atoms with van der Waals surface area (Å²) in [5, 5.41) is 0. The third-order valence-electron chi connectivity index (χ3n) is 4.24. The molecule has 0 spiro atoms. The molecule has 4 rings (SSSR count). The van der Waals surface area contributed by atoms with E-state index in [1.807, 2.05) is 6.92 Å². The van der Waals surface area contributed by atoms with Crippen LogP contribution >= 0.6 is 7.82 Å². The summed E-state index contributed by atoms with van der Waals surface area (Å²) in [5.74, 6) is -0.220. The van der Waals surface area contributed by atoms with Crippen LogP contribution in [0.25, 0.3) is 11.2 Å². The largest absolute Gasteiger partial charge is 0.474 e. The maximum atomic E-state index is 12.2. The fourth-order valence-electron chi connectivity index (χ4n) is 3.07. The van der Waals surface area contributed by atoms with Crippen LogP contribution in [0.15, 0.2) is 11.1 Å². The number of H-pyrrole nitrogens is 1. The number of ether oxygens (including phenoxy) is 1. The monoisotopic (exact) mass is 357 g/mol. The Morgan fingerprint density at radius 3 is 3.08 bits per heavy atom. The second kappa shape index (κ2) is 5.36. The van der Waals surface area contributed by atoms with E-state index < -0.39 is 31.8 Å². The van der Waals surface area contributed by atoms with E-state index in [0.717, 1.165) is 0 Å². The van der Waals surface area contributed by atoms with Crippen molar-refractivity contribution in [3.05, 3.63) is 16.7 Å². The Labute approximate surface area is 135 Å². The highest BCUT2D eigenvalue weighted by Gasteiger charge is 2.51. The van der Waals surface area contributed by atoms with E-state index in [9.17, 15) is 9.36 Å². The van der Waals surface area contributed by atoms with Crippen molar-refractivity contribution in [2.45, 2.75) is 25.4 Å². The van der Waals surface area contributed by atoms with E-state index >= 15 is 0 Å². The number of nitrogen functional groups attached to an aromatic ring is 1. The van der Waals surface area contributed by atoms with Crippen molar-refractivity contribution in [3.8, 4) is 0 Å². The summed E-state index contributed by atoms with van der Waals surface area (Å²) >= 11 is 0. The Bertz CT molecular complexity index is 896. The number of phosphoric acid groups is 1. The molecule has 0 aromatic carbocycles. The SMILES string of the molecule is COP1(=O)OC[C@H]2O[C@@H](n3cnc4c(=O)[nH]c(N)nc43)C(C)[C@@H]2O1. The summed E-state index contributed by atoms with van der Waals surface area (Å²) in [7, 11) is -2.30. The number of hydrogen-bond acceptors (Lipinski definition) is 9. The Balaban J connectivity index is 1.72. The molecule has 0 radical (unpaired) electrons. The molecular formula is C12H16N5O6P. The highest BCUT2D eigenvalue weighted by atomic mass is 31.2. The zero-order chi connectivity index (χ0) is 17.1. The molecule has 2 aromatic heterocycles. The van der Waals surface area contributed by atoms with Crippen molar-refractivity contribution < 1.29 is 22.9 Å². The van der Waals surface area contributed by atoms with Crippen molar-refractivity contribution in [1.29, 1.82) is 0 Å². The molecule has 2 aliphatic heterocycles. The summed E-state index contributed by atoms with van der Waals surface area (Å²) in [4.78, 5) is 22.5. The van der Waals surface area contributed by atoms with Gasteiger partial charge in [-0.2, -0.15) is 4.98 Å². The molecule has 2 aliphatic rings. The molecule has 0 bridgehead atoms. The van der Waals surface area contributed by atoms with Crippen LogP contribution in [-0.2, 0) is 22.9 Å². The molecule has 2 saturated heterocycles. The minimum Gasteiger partial charge on any atom is -0.369 e. The number of nitrogens with zero attached hydrogens (tertiary/aromatic N) is 3. The van der Waals surface area contributed by atoms with Gasteiger partial charge in [-0.05, 0) is 0 Å². The molecule has 2 unspecified atom stereocenters. The molecule has 2 fully saturated rings. The Kier molecular flexibility index (Phi) is 3.52. The molecule has 12 heteroatoms. The number of aromatic nitrogens is 4. The summed E-state index contributed by atoms with van der Waals surface area (Å²) in [6.07, 6.45) is 0.0396. The van der Waals surface area contributed by atoms with Gasteiger partial charge in [0.25, 0.3) is 5.56 Å². The molecule has 0 aliphatic carbocycles. The molecule has 0 amide bonds. The minimum absolute atomic E-state index is 0.0132. The van der Waals surface area contributed by atoms with Crippen molar-refractivity contribution in [1.82, 2.24) is 19.5 Å². The second-order valence-electron chi connectivity index (χ2n) is 5.70. The number of anilines is 1. The summed E-state index contributed by atoms with van der Waals surface area (Å²) in [6.45, 7) is 1.96. The second-order valence-corrected chi connectivity index (χ2v) is 7.42. The van der Waals surface area contributed by atoms with E-state index in [-0.39, 0.29) is 24.0 Å². The quantitative estimate of drug-likeness (QED) is 0.730. The van der Waals surface area contributed by atoms with Gasteiger partial charge in [0.1, 0.15) is 18.4 Å². The van der Waals surface area contributed by atoms with Crippen LogP contribution < -0.4 is 11.3 Å². The van der Waals surface area contributed by atoms with Gasteiger partial charge in [0, 0.05) is 13.0 Å². The lowest BCUT2D eigenvalue weighted by molar-refractivity contribution is -0.0684. The van der Waals surface area contributed by atoms with Crippen molar-refractivity contribution in [2.75, 3.05) is 19.5 Å². The molecule has 3 N–H and O–H groups in total. The van der Waals surface area contributed by atoms with Gasteiger partial charge in [0.2, 0.25) is 5.95 Å². The van der Waals surface area contributed by atoms with E-state index in [1.54, 1.807) is 4.57 Å². The van der Waals surface area contributed by atoms with Crippen LogP contribution in [0.1, 0.15) is 13.2 Å². The van der Waals surface area contributed by atoms with Crippen molar-refractivity contribution >= 4 is 24.9 Å². The smallest absolute Gasteiger partial charge is 0.369 e. The number of nitrogens with one attached hydrogen (secondary N) is 1. The number of aromatic amines is 1. The highest BCUT2D eigenvalue weighted by Crippen LogP contribution is 2.57. The minimum atomic E-state index is -3.56. The summed E-state index contributed by atoms with van der Waals surface area (Å²) < 4.78 is 35.2. The fourth-order valence-corrected chi connectivity index (χ4v) is 4.28. The lowest BCUT2D eigenvalue weighted by atomic mass is 10.0. The predicted molar refractivity (Wildman–Crippen MR) is 81.1 cm³/mol. The van der Waals surface area contributed by atoms with E-state index in [4.69, 9.17) is 24.0 Å². The highest BCUT2D eigenvalue weighted by molar-refractivity contribution is 7.48. The van der Waals surface area contributed by atoms with Gasteiger partial charge in [-0.3, -0.25) is 27.9 Å². The standard InChI is InChI=1S/C12H16N5O6P/c1-5-8-6(3-21-24(19,20-2)23-8)22-11(5)17-4-14-7-9(17)15-12(13)16-10(7)18/h4-6,8,11H,3H2,1-2H3,(H3,13,15,16,18)/t5?,6-,8+,11-,24?/m1/s1. The van der Waals surface area contributed by atoms with E-state index in [0.29, 0.717) is 5.65 Å². The van der Waals surface area contributed by atoms with Crippen molar-refractivity contribution in [3.63, 3.8) is 0 Å². The van der Waals surface area contributed by atoms with Crippen LogP contribution in [0.2, 0.25) is 0 Å². The lowest BCUT2D eigenvalue weighted by Gasteiger charge is -2.30. The average Bonchev–Trinajstić information content (AvgIpc) is 3.09. The van der Waals surface area contributed by atoms with Crippen LogP contribution in [0.3, 0.4) is 0 Å². The van der Waals surface area contributed by atoms with Gasteiger partial charge in [0.05, 0.1) is 12.9 Å². The molecule has 130 valence electrons. The lowest BCUT2D eigenvalue weighted by Crippen LogP contribution is -2.36. The zero-order valence-corrected chi connectivity index (χ0v) is 13.8. The molecule has 4 heterocycles. The number of nitrogens with two attached hydrogens (primary N) is 1. The van der Waals surface area contributed by atoms with Gasteiger partial charge in [-0.1, -0.05) is 6.92 Å². The van der Waals surface area contributed by atoms with Gasteiger partial charge < -0.3 is 10.5 Å². The van der Waals surface area contributed by atoms with E-state index in [1.165, 1.54) is 13.4 Å². The first-order valence-electron chi connectivity index (χ1n) is 7.28. The van der Waals surface area contributed by atoms with Crippen LogP contribution in [0.4, 0.5) is 5.95 Å². The van der Waals surface area contributed by atoms with Gasteiger partial charge in [-0.15, -0.1) is 0 Å². The van der Waals surface area contributed by atoms with Crippen LogP contribution in [0.5, 0.6) is 0 Å². The third kappa shape index (κ3) is 2.28. The number of rotatable bonds is 2. The molecule has 11 nitrogen and oxygen atoms in total. The first kappa shape index (κ1) is 15.7. The normalized spacial score (nSPS) is 36.1. The number of fused-ring (bicyclic) bond motifs is 2. The molecule has 24 heavy (non-hydrogen) atoms. The number of hydrogen-bond donors (Lipinski definition) is 2. The molecular weight excluding hydrogens is 341 g/mol. The Morgan fingerprint density at radius 1 is 1.54 bits per heavy atom. The van der Waals surface area contributed by atoms with Gasteiger partial charge in [-0.25, -0.2) is 9.55 Å².